The number of benzene rings is 1. The molecule has 2 nitrogen and oxygen atoms in total. The van der Waals surface area contributed by atoms with Gasteiger partial charge in [0.15, 0.2) is 0 Å². The Bertz CT molecular complexity index is 416. The Morgan fingerprint density at radius 1 is 1.35 bits per heavy atom. The Morgan fingerprint density at radius 3 is 2.59 bits per heavy atom. The van der Waals surface area contributed by atoms with Crippen molar-refractivity contribution in [2.75, 3.05) is 7.11 Å². The average molecular weight is 363 g/mol. The van der Waals surface area contributed by atoms with Gasteiger partial charge in [-0.2, -0.15) is 0 Å². The molecule has 0 bridgehead atoms. The molecule has 1 aromatic rings. The minimum Gasteiger partial charge on any atom is -0.495 e. The molecule has 0 spiro atoms. The molecule has 1 aliphatic carbocycles. The summed E-state index contributed by atoms with van der Waals surface area (Å²) in [5, 5.41) is 3.62. The second kappa shape index (κ2) is 5.29. The van der Waals surface area contributed by atoms with Crippen LogP contribution in [0.4, 0.5) is 0 Å². The van der Waals surface area contributed by atoms with Crippen molar-refractivity contribution >= 4 is 31.9 Å². The van der Waals surface area contributed by atoms with Gasteiger partial charge in [0.1, 0.15) is 5.75 Å². The molecule has 0 heterocycles. The highest BCUT2D eigenvalue weighted by atomic mass is 79.9. The van der Waals surface area contributed by atoms with Gasteiger partial charge in [-0.1, -0.05) is 15.9 Å². The second-order valence-corrected chi connectivity index (χ2v) is 6.62. The van der Waals surface area contributed by atoms with Crippen LogP contribution >= 0.6 is 31.9 Å². The zero-order valence-electron chi connectivity index (χ0n) is 10.1. The molecule has 1 aromatic carbocycles. The molecule has 0 unspecified atom stereocenters. The van der Waals surface area contributed by atoms with Crippen molar-refractivity contribution in [1.82, 2.24) is 5.32 Å². The van der Waals surface area contributed by atoms with Gasteiger partial charge in [0.2, 0.25) is 0 Å². The van der Waals surface area contributed by atoms with E-state index in [9.17, 15) is 0 Å². The van der Waals surface area contributed by atoms with Gasteiger partial charge in [-0.15, -0.1) is 0 Å². The van der Waals surface area contributed by atoms with E-state index >= 15 is 0 Å². The third kappa shape index (κ3) is 3.04. The van der Waals surface area contributed by atoms with Gasteiger partial charge in [0.25, 0.3) is 0 Å². The predicted octanol–water partition coefficient (Wildman–Crippen LogP) is 4.25. The summed E-state index contributed by atoms with van der Waals surface area (Å²) in [7, 11) is 1.71. The Balaban J connectivity index is 2.13. The van der Waals surface area contributed by atoms with Crippen LogP contribution < -0.4 is 10.1 Å². The number of halogens is 2. The Morgan fingerprint density at radius 2 is 2.06 bits per heavy atom. The van der Waals surface area contributed by atoms with Crippen molar-refractivity contribution in [2.45, 2.75) is 38.3 Å². The van der Waals surface area contributed by atoms with Crippen molar-refractivity contribution in [2.24, 2.45) is 0 Å². The van der Waals surface area contributed by atoms with E-state index in [0.717, 1.165) is 21.2 Å². The lowest BCUT2D eigenvalue weighted by molar-refractivity contribution is 0.206. The highest BCUT2D eigenvalue weighted by molar-refractivity contribution is 9.11. The fourth-order valence-corrected chi connectivity index (χ4v) is 3.64. The Labute approximate surface area is 119 Å². The molecule has 2 rings (SSSR count). The number of rotatable bonds is 4. The molecule has 1 aliphatic rings. The molecule has 1 saturated carbocycles. The third-order valence-corrected chi connectivity index (χ3v) is 4.50. The fraction of sp³-hybridized carbons (Fsp3) is 0.538. The van der Waals surface area contributed by atoms with Crippen LogP contribution in [0.15, 0.2) is 21.1 Å². The molecule has 4 heteroatoms. The van der Waals surface area contributed by atoms with E-state index in [2.05, 4.69) is 50.2 Å². The summed E-state index contributed by atoms with van der Waals surface area (Å²) in [5.74, 6) is 0.920. The minimum absolute atomic E-state index is 0.319. The van der Waals surface area contributed by atoms with E-state index in [0.29, 0.717) is 5.54 Å². The van der Waals surface area contributed by atoms with Crippen molar-refractivity contribution in [1.29, 1.82) is 0 Å². The van der Waals surface area contributed by atoms with Gasteiger partial charge in [0, 0.05) is 22.1 Å². The van der Waals surface area contributed by atoms with Gasteiger partial charge < -0.3 is 10.1 Å². The number of nitrogens with one attached hydrogen (secondary N) is 1. The molecular formula is C13H17Br2NO. The van der Waals surface area contributed by atoms with Crippen LogP contribution in [0.3, 0.4) is 0 Å². The summed E-state index contributed by atoms with van der Waals surface area (Å²) in [6.07, 6.45) is 3.87. The monoisotopic (exact) mass is 361 g/mol. The summed E-state index contributed by atoms with van der Waals surface area (Å²) in [6.45, 7) is 3.13. The van der Waals surface area contributed by atoms with Gasteiger partial charge in [0.05, 0.1) is 11.6 Å². The van der Waals surface area contributed by atoms with Crippen LogP contribution in [0.5, 0.6) is 5.75 Å². The third-order valence-electron chi connectivity index (χ3n) is 3.45. The maximum atomic E-state index is 5.44. The Hall–Kier alpha value is -0.0600. The number of hydrogen-bond acceptors (Lipinski definition) is 2. The van der Waals surface area contributed by atoms with Crippen molar-refractivity contribution in [3.8, 4) is 5.75 Å². The lowest BCUT2D eigenvalue weighted by atomic mass is 9.78. The molecule has 17 heavy (non-hydrogen) atoms. The van der Waals surface area contributed by atoms with E-state index in [4.69, 9.17) is 4.74 Å². The molecule has 0 radical (unpaired) electrons. The topological polar surface area (TPSA) is 21.3 Å². The summed E-state index contributed by atoms with van der Waals surface area (Å²) < 4.78 is 7.50. The van der Waals surface area contributed by atoms with E-state index in [-0.39, 0.29) is 0 Å². The normalized spacial score (nSPS) is 17.6. The van der Waals surface area contributed by atoms with Crippen LogP contribution in [-0.2, 0) is 6.54 Å². The first kappa shape index (κ1) is 13.4. The highest BCUT2D eigenvalue weighted by Gasteiger charge is 2.31. The highest BCUT2D eigenvalue weighted by Crippen LogP contribution is 2.35. The first-order chi connectivity index (χ1) is 8.04. The standard InChI is InChI=1S/C13H17Br2NO/c1-13(4-3-5-13)16-8-9-6-10(14)7-11(15)12(9)17-2/h6-7,16H,3-5,8H2,1-2H3. The van der Waals surface area contributed by atoms with Gasteiger partial charge in [-0.05, 0) is 54.2 Å². The molecule has 1 fully saturated rings. The average Bonchev–Trinajstić information content (AvgIpc) is 2.23. The van der Waals surface area contributed by atoms with Gasteiger partial charge in [-0.25, -0.2) is 0 Å². The lowest BCUT2D eigenvalue weighted by Crippen LogP contribution is -2.47. The first-order valence-electron chi connectivity index (χ1n) is 5.81. The lowest BCUT2D eigenvalue weighted by Gasteiger charge is -2.39. The van der Waals surface area contributed by atoms with Crippen molar-refractivity contribution in [3.63, 3.8) is 0 Å². The number of methoxy groups -OCH3 is 1. The molecule has 94 valence electrons. The molecular weight excluding hydrogens is 346 g/mol. The molecule has 0 saturated heterocycles. The quantitative estimate of drug-likeness (QED) is 0.864. The van der Waals surface area contributed by atoms with Crippen LogP contribution in [0, 0.1) is 0 Å². The van der Waals surface area contributed by atoms with E-state index in [1.165, 1.54) is 24.8 Å². The zero-order valence-corrected chi connectivity index (χ0v) is 13.3. The molecule has 0 atom stereocenters. The molecule has 0 aromatic heterocycles. The SMILES string of the molecule is COc1c(Br)cc(Br)cc1CNC1(C)CCC1. The fourth-order valence-electron chi connectivity index (χ4n) is 2.17. The zero-order chi connectivity index (χ0) is 12.5. The van der Waals surface area contributed by atoms with Crippen LogP contribution in [0.1, 0.15) is 31.7 Å². The first-order valence-corrected chi connectivity index (χ1v) is 7.40. The number of ether oxygens (including phenoxy) is 1. The molecule has 1 N–H and O–H groups in total. The van der Waals surface area contributed by atoms with Crippen molar-refractivity contribution in [3.05, 3.63) is 26.6 Å². The smallest absolute Gasteiger partial charge is 0.137 e. The molecule has 0 aliphatic heterocycles. The molecule has 0 amide bonds. The van der Waals surface area contributed by atoms with Crippen LogP contribution in [0.25, 0.3) is 0 Å². The minimum atomic E-state index is 0.319. The summed E-state index contributed by atoms with van der Waals surface area (Å²) in [4.78, 5) is 0. The van der Waals surface area contributed by atoms with Crippen LogP contribution in [-0.4, -0.2) is 12.6 Å². The largest absolute Gasteiger partial charge is 0.495 e. The Kier molecular flexibility index (Phi) is 4.16. The van der Waals surface area contributed by atoms with E-state index in [1.807, 2.05) is 6.07 Å². The predicted molar refractivity (Wildman–Crippen MR) is 77.5 cm³/mol. The summed E-state index contributed by atoms with van der Waals surface area (Å²) >= 11 is 7.04. The summed E-state index contributed by atoms with van der Waals surface area (Å²) in [5.41, 5.74) is 1.50. The van der Waals surface area contributed by atoms with Gasteiger partial charge in [-0.3, -0.25) is 0 Å². The second-order valence-electron chi connectivity index (χ2n) is 4.85. The van der Waals surface area contributed by atoms with E-state index in [1.54, 1.807) is 7.11 Å². The summed E-state index contributed by atoms with van der Waals surface area (Å²) in [6, 6.07) is 4.12. The van der Waals surface area contributed by atoms with Gasteiger partial charge >= 0.3 is 0 Å². The maximum Gasteiger partial charge on any atom is 0.137 e. The van der Waals surface area contributed by atoms with Crippen molar-refractivity contribution < 1.29 is 4.74 Å². The number of hydrogen-bond donors (Lipinski definition) is 1. The van der Waals surface area contributed by atoms with Crippen LogP contribution in [0.2, 0.25) is 0 Å². The maximum absolute atomic E-state index is 5.44. The van der Waals surface area contributed by atoms with E-state index < -0.39 is 0 Å².